The molecule has 2 aromatic rings. The van der Waals surface area contributed by atoms with Gasteiger partial charge >= 0.3 is 0 Å². The average Bonchev–Trinajstić information content (AvgIpc) is 2.53. The Hall–Kier alpha value is -2.54. The molecule has 21 heavy (non-hydrogen) atoms. The Morgan fingerprint density at radius 1 is 1.24 bits per heavy atom. The summed E-state index contributed by atoms with van der Waals surface area (Å²) in [6, 6.07) is 3.35. The molecule has 1 amide bonds. The number of nitrogens with one attached hydrogen (secondary N) is 2. The Bertz CT molecular complexity index is 604. The minimum absolute atomic E-state index is 0.203. The molecular formula is C14H18N6O. The fourth-order valence-electron chi connectivity index (χ4n) is 1.76. The van der Waals surface area contributed by atoms with Gasteiger partial charge in [0.15, 0.2) is 0 Å². The van der Waals surface area contributed by atoms with Crippen LogP contribution in [0.4, 0.5) is 5.82 Å². The van der Waals surface area contributed by atoms with Crippen molar-refractivity contribution in [1.29, 1.82) is 0 Å². The predicted molar refractivity (Wildman–Crippen MR) is 79.4 cm³/mol. The number of carbonyl (C=O) groups is 1. The molecule has 2 rings (SSSR count). The van der Waals surface area contributed by atoms with Gasteiger partial charge in [-0.05, 0) is 25.5 Å². The van der Waals surface area contributed by atoms with Gasteiger partial charge in [0.25, 0.3) is 5.91 Å². The number of nitrogen functional groups attached to an aromatic ring is 1. The van der Waals surface area contributed by atoms with E-state index in [9.17, 15) is 4.79 Å². The molecule has 0 saturated heterocycles. The Balaban J connectivity index is 2.07. The van der Waals surface area contributed by atoms with E-state index >= 15 is 0 Å². The van der Waals surface area contributed by atoms with Crippen molar-refractivity contribution in [1.82, 2.24) is 20.3 Å². The molecule has 0 radical (unpaired) electrons. The van der Waals surface area contributed by atoms with Crippen LogP contribution in [0.5, 0.6) is 0 Å². The number of rotatable bonds is 5. The molecule has 0 aliphatic heterocycles. The van der Waals surface area contributed by atoms with E-state index in [4.69, 9.17) is 5.84 Å². The summed E-state index contributed by atoms with van der Waals surface area (Å²) in [5, 5.41) is 2.80. The molecule has 0 saturated carbocycles. The van der Waals surface area contributed by atoms with E-state index in [1.807, 2.05) is 13.8 Å². The first-order valence-corrected chi connectivity index (χ1v) is 6.65. The molecule has 0 unspecified atom stereocenters. The average molecular weight is 286 g/mol. The maximum atomic E-state index is 12.2. The number of carbonyl (C=O) groups excluding carboxylic acids is 1. The minimum atomic E-state index is -0.203. The first-order valence-electron chi connectivity index (χ1n) is 6.65. The van der Waals surface area contributed by atoms with Crippen molar-refractivity contribution in [3.8, 4) is 0 Å². The normalized spacial score (nSPS) is 10.2. The van der Waals surface area contributed by atoms with E-state index in [1.54, 1.807) is 24.5 Å². The number of hydrazine groups is 1. The molecule has 0 bridgehead atoms. The van der Waals surface area contributed by atoms with Gasteiger partial charge < -0.3 is 10.7 Å². The number of aromatic nitrogens is 3. The van der Waals surface area contributed by atoms with Crippen LogP contribution in [0.15, 0.2) is 24.5 Å². The molecule has 0 spiro atoms. The van der Waals surface area contributed by atoms with Gasteiger partial charge in [-0.2, -0.15) is 0 Å². The number of pyridine rings is 1. The van der Waals surface area contributed by atoms with Crippen molar-refractivity contribution in [3.05, 3.63) is 47.2 Å². The second kappa shape index (κ2) is 6.76. The molecule has 7 heteroatoms. The Morgan fingerprint density at radius 3 is 2.67 bits per heavy atom. The Labute approximate surface area is 123 Å². The highest BCUT2D eigenvalue weighted by Gasteiger charge is 2.09. The first-order chi connectivity index (χ1) is 10.1. The SMILES string of the molecule is CCc1cc(C(=O)NCc2cnc(C)cn2)cc(NN)n1. The highest BCUT2D eigenvalue weighted by atomic mass is 16.1. The number of nitrogens with zero attached hydrogens (tertiary/aromatic N) is 3. The second-order valence-electron chi connectivity index (χ2n) is 4.56. The van der Waals surface area contributed by atoms with Crippen LogP contribution in [0.3, 0.4) is 0 Å². The smallest absolute Gasteiger partial charge is 0.251 e. The number of nitrogens with two attached hydrogens (primary N) is 1. The number of hydrogen-bond donors (Lipinski definition) is 3. The van der Waals surface area contributed by atoms with Crippen LogP contribution in [0.1, 0.15) is 34.4 Å². The minimum Gasteiger partial charge on any atom is -0.346 e. The molecule has 4 N–H and O–H groups in total. The molecule has 2 aromatic heterocycles. The van der Waals surface area contributed by atoms with Gasteiger partial charge in [0.05, 0.1) is 24.1 Å². The van der Waals surface area contributed by atoms with Crippen LogP contribution in [0.2, 0.25) is 0 Å². The number of hydrogen-bond acceptors (Lipinski definition) is 6. The molecule has 110 valence electrons. The summed E-state index contributed by atoms with van der Waals surface area (Å²) in [5.74, 6) is 5.62. The molecule has 0 aromatic carbocycles. The fraction of sp³-hybridized carbons (Fsp3) is 0.286. The van der Waals surface area contributed by atoms with Gasteiger partial charge in [-0.15, -0.1) is 0 Å². The topological polar surface area (TPSA) is 106 Å². The van der Waals surface area contributed by atoms with Gasteiger partial charge in [-0.1, -0.05) is 6.92 Å². The lowest BCUT2D eigenvalue weighted by molar-refractivity contribution is 0.0950. The zero-order valence-corrected chi connectivity index (χ0v) is 12.1. The summed E-state index contributed by atoms with van der Waals surface area (Å²) in [5.41, 5.74) is 5.31. The van der Waals surface area contributed by atoms with E-state index < -0.39 is 0 Å². The van der Waals surface area contributed by atoms with Crippen LogP contribution in [0, 0.1) is 6.92 Å². The third kappa shape index (κ3) is 3.96. The van der Waals surface area contributed by atoms with E-state index in [1.165, 1.54) is 0 Å². The van der Waals surface area contributed by atoms with Crippen molar-refractivity contribution in [2.45, 2.75) is 26.8 Å². The van der Waals surface area contributed by atoms with Crippen LogP contribution in [0.25, 0.3) is 0 Å². The molecular weight excluding hydrogens is 268 g/mol. The fourth-order valence-corrected chi connectivity index (χ4v) is 1.76. The lowest BCUT2D eigenvalue weighted by atomic mass is 10.2. The van der Waals surface area contributed by atoms with Gasteiger partial charge in [-0.3, -0.25) is 14.8 Å². The van der Waals surface area contributed by atoms with Crippen molar-refractivity contribution < 1.29 is 4.79 Å². The van der Waals surface area contributed by atoms with Gasteiger partial charge in [-0.25, -0.2) is 10.8 Å². The lowest BCUT2D eigenvalue weighted by Crippen LogP contribution is -2.24. The maximum Gasteiger partial charge on any atom is 0.251 e. The quantitative estimate of drug-likeness (QED) is 0.558. The third-order valence-corrected chi connectivity index (χ3v) is 2.92. The molecule has 0 aliphatic carbocycles. The van der Waals surface area contributed by atoms with Crippen LogP contribution in [-0.2, 0) is 13.0 Å². The maximum absolute atomic E-state index is 12.2. The number of aryl methyl sites for hydroxylation is 2. The molecule has 0 atom stereocenters. The highest BCUT2D eigenvalue weighted by molar-refractivity contribution is 5.94. The number of anilines is 1. The van der Waals surface area contributed by atoms with Gasteiger partial charge in [0.2, 0.25) is 0 Å². The van der Waals surface area contributed by atoms with Gasteiger partial charge in [0.1, 0.15) is 5.82 Å². The largest absolute Gasteiger partial charge is 0.346 e. The second-order valence-corrected chi connectivity index (χ2v) is 4.56. The molecule has 0 aliphatic rings. The molecule has 2 heterocycles. The first kappa shape index (κ1) is 14.9. The van der Waals surface area contributed by atoms with Crippen molar-refractivity contribution in [3.63, 3.8) is 0 Å². The summed E-state index contributed by atoms with van der Waals surface area (Å²) >= 11 is 0. The van der Waals surface area contributed by atoms with E-state index in [2.05, 4.69) is 25.7 Å². The highest BCUT2D eigenvalue weighted by Crippen LogP contribution is 2.10. The Morgan fingerprint density at radius 2 is 2.05 bits per heavy atom. The molecule has 0 fully saturated rings. The van der Waals surface area contributed by atoms with Crippen LogP contribution in [-0.4, -0.2) is 20.9 Å². The molecule has 7 nitrogen and oxygen atoms in total. The Kier molecular flexibility index (Phi) is 4.78. The van der Waals surface area contributed by atoms with Crippen LogP contribution >= 0.6 is 0 Å². The zero-order chi connectivity index (χ0) is 15.2. The lowest BCUT2D eigenvalue weighted by Gasteiger charge is -2.08. The van der Waals surface area contributed by atoms with Crippen molar-refractivity contribution >= 4 is 11.7 Å². The third-order valence-electron chi connectivity index (χ3n) is 2.92. The van der Waals surface area contributed by atoms with Crippen molar-refractivity contribution in [2.24, 2.45) is 5.84 Å². The van der Waals surface area contributed by atoms with Crippen LogP contribution < -0.4 is 16.6 Å². The van der Waals surface area contributed by atoms with E-state index in [-0.39, 0.29) is 5.91 Å². The van der Waals surface area contributed by atoms with E-state index in [0.717, 1.165) is 17.8 Å². The van der Waals surface area contributed by atoms with Gasteiger partial charge in [0, 0.05) is 17.5 Å². The number of amides is 1. The summed E-state index contributed by atoms with van der Waals surface area (Å²) in [6.07, 6.45) is 4.03. The summed E-state index contributed by atoms with van der Waals surface area (Å²) in [6.45, 7) is 4.15. The summed E-state index contributed by atoms with van der Waals surface area (Å²) in [4.78, 5) is 24.7. The summed E-state index contributed by atoms with van der Waals surface area (Å²) in [7, 11) is 0. The monoisotopic (exact) mass is 286 g/mol. The zero-order valence-electron chi connectivity index (χ0n) is 12.1. The summed E-state index contributed by atoms with van der Waals surface area (Å²) < 4.78 is 0. The standard InChI is InChI=1S/C14H18N6O/c1-3-11-4-10(5-13(19-11)20-15)14(21)18-8-12-7-16-9(2)6-17-12/h4-7H,3,8,15H2,1-2H3,(H,18,21)(H,19,20). The van der Waals surface area contributed by atoms with E-state index in [0.29, 0.717) is 23.6 Å². The predicted octanol–water partition coefficient (Wildman–Crippen LogP) is 0.958. The van der Waals surface area contributed by atoms with Crippen molar-refractivity contribution in [2.75, 3.05) is 5.43 Å².